The molecule has 0 saturated carbocycles. The Bertz CT molecular complexity index is 567. The molecule has 0 spiro atoms. The summed E-state index contributed by atoms with van der Waals surface area (Å²) < 4.78 is 31.6. The van der Waals surface area contributed by atoms with E-state index >= 15 is 0 Å². The zero-order chi connectivity index (χ0) is 23.2. The third-order valence-corrected chi connectivity index (χ3v) is 5.72. The average molecular weight is 457 g/mol. The first-order valence-electron chi connectivity index (χ1n) is 12.6. The molecule has 1 aromatic rings. The summed E-state index contributed by atoms with van der Waals surface area (Å²) in [6.07, 6.45) is 25.3. The molecule has 0 fully saturated rings. The molecule has 1 rings (SSSR count). The van der Waals surface area contributed by atoms with Crippen LogP contribution in [0.3, 0.4) is 0 Å². The maximum absolute atomic E-state index is 8.74. The first kappa shape index (κ1) is 30.1. The predicted octanol–water partition coefficient (Wildman–Crippen LogP) is 8.40. The molecule has 2 N–H and O–H groups in total. The molecule has 0 aliphatic rings. The molecule has 4 nitrogen and oxygen atoms in total. The minimum Gasteiger partial charge on any atom is -0.264 e. The van der Waals surface area contributed by atoms with Crippen molar-refractivity contribution < 1.29 is 17.5 Å². The Hall–Kier alpha value is -0.910. The number of unbranched alkanes of at least 4 members (excludes halogenated alkanes) is 14. The van der Waals surface area contributed by atoms with Crippen LogP contribution in [0, 0.1) is 0 Å². The van der Waals surface area contributed by atoms with Gasteiger partial charge in [0.05, 0.1) is 0 Å². The second-order valence-electron chi connectivity index (χ2n) is 8.67. The van der Waals surface area contributed by atoms with Gasteiger partial charge in [0, 0.05) is 0 Å². The van der Waals surface area contributed by atoms with Crippen LogP contribution in [0.5, 0.6) is 0 Å². The standard InChI is InChI=1S/C26H46.H2O4S/c1-3-5-7-9-11-13-15-17-21-25-23-19-20-24-26(25)22-18-16-14-12-10-8-6-4-2;1-5(2,3)4/h19-20,23-24H,3-18,21-22H2,1-2H3;(H2,1,2,3,4). The number of aryl methyl sites for hydroxylation is 2. The smallest absolute Gasteiger partial charge is 0.264 e. The molecular formula is C26H48O4S. The van der Waals surface area contributed by atoms with Crippen LogP contribution in [0.1, 0.15) is 128 Å². The highest BCUT2D eigenvalue weighted by Gasteiger charge is 2.02. The molecule has 0 saturated heterocycles. The third-order valence-electron chi connectivity index (χ3n) is 5.72. The molecule has 0 atom stereocenters. The third kappa shape index (κ3) is 23.6. The fraction of sp³-hybridized carbons (Fsp3) is 0.769. The summed E-state index contributed by atoms with van der Waals surface area (Å²) in [5.41, 5.74) is 3.25. The van der Waals surface area contributed by atoms with Crippen LogP contribution in [0.2, 0.25) is 0 Å². The Morgan fingerprint density at radius 2 is 0.806 bits per heavy atom. The Morgan fingerprint density at radius 3 is 1.10 bits per heavy atom. The van der Waals surface area contributed by atoms with Crippen LogP contribution in [0.4, 0.5) is 0 Å². The van der Waals surface area contributed by atoms with Gasteiger partial charge >= 0.3 is 10.4 Å². The van der Waals surface area contributed by atoms with Crippen molar-refractivity contribution in [3.8, 4) is 0 Å². The van der Waals surface area contributed by atoms with Crippen molar-refractivity contribution >= 4 is 10.4 Å². The highest BCUT2D eigenvalue weighted by molar-refractivity contribution is 7.79. The summed E-state index contributed by atoms with van der Waals surface area (Å²) in [5.74, 6) is 0. The topological polar surface area (TPSA) is 74.6 Å². The molecule has 5 heteroatoms. The van der Waals surface area contributed by atoms with E-state index in [4.69, 9.17) is 17.5 Å². The average Bonchev–Trinajstić information content (AvgIpc) is 2.71. The van der Waals surface area contributed by atoms with E-state index in [0.717, 1.165) is 0 Å². The van der Waals surface area contributed by atoms with Gasteiger partial charge in [-0.25, -0.2) is 0 Å². The Balaban J connectivity index is 0.00000161. The van der Waals surface area contributed by atoms with Crippen molar-refractivity contribution in [3.05, 3.63) is 35.4 Å². The molecule has 1 aromatic carbocycles. The van der Waals surface area contributed by atoms with Crippen LogP contribution in [-0.2, 0) is 23.2 Å². The minimum atomic E-state index is -4.67. The maximum Gasteiger partial charge on any atom is 0.394 e. The minimum absolute atomic E-state index is 1.29. The molecule has 0 heterocycles. The fourth-order valence-electron chi connectivity index (χ4n) is 3.94. The van der Waals surface area contributed by atoms with Crippen LogP contribution in [0.15, 0.2) is 24.3 Å². The Kier molecular flexibility index (Phi) is 20.3. The van der Waals surface area contributed by atoms with E-state index in [1.54, 1.807) is 11.1 Å². The molecule has 0 amide bonds. The number of hydrogen-bond donors (Lipinski definition) is 2. The lowest BCUT2D eigenvalue weighted by molar-refractivity contribution is 0.381. The lowest BCUT2D eigenvalue weighted by Gasteiger charge is -2.10. The van der Waals surface area contributed by atoms with Crippen molar-refractivity contribution in [2.24, 2.45) is 0 Å². The molecule has 0 bridgehead atoms. The van der Waals surface area contributed by atoms with Crippen LogP contribution in [0.25, 0.3) is 0 Å². The number of rotatable bonds is 18. The molecule has 182 valence electrons. The van der Waals surface area contributed by atoms with Gasteiger partial charge in [-0.3, -0.25) is 9.11 Å². The predicted molar refractivity (Wildman–Crippen MR) is 133 cm³/mol. The summed E-state index contributed by atoms with van der Waals surface area (Å²) in [6.45, 7) is 4.59. The van der Waals surface area contributed by atoms with Crippen molar-refractivity contribution in [1.29, 1.82) is 0 Å². The molecule has 0 aliphatic carbocycles. The van der Waals surface area contributed by atoms with E-state index in [1.807, 2.05) is 0 Å². The van der Waals surface area contributed by atoms with Gasteiger partial charge in [-0.1, -0.05) is 128 Å². The van der Waals surface area contributed by atoms with Gasteiger partial charge in [-0.05, 0) is 36.8 Å². The summed E-state index contributed by atoms with van der Waals surface area (Å²) in [4.78, 5) is 0. The summed E-state index contributed by atoms with van der Waals surface area (Å²) in [6, 6.07) is 9.22. The van der Waals surface area contributed by atoms with Gasteiger partial charge in [-0.15, -0.1) is 0 Å². The normalized spacial score (nSPS) is 11.2. The van der Waals surface area contributed by atoms with Gasteiger partial charge in [0.2, 0.25) is 0 Å². The molecule has 0 radical (unpaired) electrons. The summed E-state index contributed by atoms with van der Waals surface area (Å²) >= 11 is 0. The second-order valence-corrected chi connectivity index (χ2v) is 9.56. The molecular weight excluding hydrogens is 408 g/mol. The van der Waals surface area contributed by atoms with Gasteiger partial charge < -0.3 is 0 Å². The van der Waals surface area contributed by atoms with E-state index in [-0.39, 0.29) is 0 Å². The Morgan fingerprint density at radius 1 is 0.548 bits per heavy atom. The van der Waals surface area contributed by atoms with Crippen LogP contribution < -0.4 is 0 Å². The van der Waals surface area contributed by atoms with Gasteiger partial charge in [-0.2, -0.15) is 8.42 Å². The van der Waals surface area contributed by atoms with Crippen LogP contribution >= 0.6 is 0 Å². The van der Waals surface area contributed by atoms with Crippen molar-refractivity contribution in [2.45, 2.75) is 129 Å². The van der Waals surface area contributed by atoms with Gasteiger partial charge in [0.15, 0.2) is 0 Å². The Labute approximate surface area is 192 Å². The summed E-state index contributed by atoms with van der Waals surface area (Å²) in [7, 11) is -4.67. The monoisotopic (exact) mass is 456 g/mol. The largest absolute Gasteiger partial charge is 0.394 e. The lowest BCUT2D eigenvalue weighted by atomic mass is 9.96. The first-order chi connectivity index (χ1) is 14.9. The van der Waals surface area contributed by atoms with Gasteiger partial charge in [0.1, 0.15) is 0 Å². The van der Waals surface area contributed by atoms with Crippen molar-refractivity contribution in [2.75, 3.05) is 0 Å². The fourth-order valence-corrected chi connectivity index (χ4v) is 3.94. The van der Waals surface area contributed by atoms with E-state index in [9.17, 15) is 0 Å². The van der Waals surface area contributed by atoms with E-state index < -0.39 is 10.4 Å². The summed E-state index contributed by atoms with van der Waals surface area (Å²) in [5, 5.41) is 0. The number of hydrogen-bond acceptors (Lipinski definition) is 2. The van der Waals surface area contributed by atoms with Crippen LogP contribution in [-0.4, -0.2) is 17.5 Å². The van der Waals surface area contributed by atoms with E-state index in [0.29, 0.717) is 0 Å². The number of benzene rings is 1. The zero-order valence-electron chi connectivity index (χ0n) is 20.2. The SMILES string of the molecule is CCCCCCCCCCc1ccccc1CCCCCCCCCC.O=S(=O)(O)O. The molecule has 0 unspecified atom stereocenters. The van der Waals surface area contributed by atoms with E-state index in [2.05, 4.69) is 38.1 Å². The van der Waals surface area contributed by atoms with Crippen molar-refractivity contribution in [1.82, 2.24) is 0 Å². The first-order valence-corrected chi connectivity index (χ1v) is 14.0. The highest BCUT2D eigenvalue weighted by atomic mass is 32.3. The molecule has 31 heavy (non-hydrogen) atoms. The van der Waals surface area contributed by atoms with Crippen molar-refractivity contribution in [3.63, 3.8) is 0 Å². The van der Waals surface area contributed by atoms with E-state index in [1.165, 1.54) is 116 Å². The zero-order valence-corrected chi connectivity index (χ0v) is 21.0. The van der Waals surface area contributed by atoms with Gasteiger partial charge in [0.25, 0.3) is 0 Å². The molecule has 0 aromatic heterocycles. The second kappa shape index (κ2) is 21.0. The molecule has 0 aliphatic heterocycles. The quantitative estimate of drug-likeness (QED) is 0.172. The lowest BCUT2D eigenvalue weighted by Crippen LogP contribution is -1.95. The highest BCUT2D eigenvalue weighted by Crippen LogP contribution is 2.18. The maximum atomic E-state index is 8.74.